The molecule has 1 aliphatic rings. The lowest BCUT2D eigenvalue weighted by molar-refractivity contribution is 0.0708. The van der Waals surface area contributed by atoms with Crippen molar-refractivity contribution in [2.75, 3.05) is 37.0 Å². The van der Waals surface area contributed by atoms with Crippen LogP contribution in [-0.4, -0.2) is 62.4 Å². The Bertz CT molecular complexity index is 676. The number of carbonyl (C=O) groups excluding carboxylic acids is 1. The van der Waals surface area contributed by atoms with Crippen molar-refractivity contribution in [3.63, 3.8) is 0 Å². The van der Waals surface area contributed by atoms with Crippen molar-refractivity contribution >= 4 is 33.2 Å². The summed E-state index contributed by atoms with van der Waals surface area (Å²) in [5.41, 5.74) is 0.426. The molecule has 1 amide bonds. The summed E-state index contributed by atoms with van der Waals surface area (Å²) in [5.74, 6) is 0.552. The van der Waals surface area contributed by atoms with Crippen LogP contribution in [0.5, 0.6) is 0 Å². The van der Waals surface area contributed by atoms with Crippen molar-refractivity contribution in [2.24, 2.45) is 0 Å². The molecule has 1 atom stereocenters. The number of hydrogen-bond acceptors (Lipinski definition) is 5. The van der Waals surface area contributed by atoms with Gasteiger partial charge in [-0.25, -0.2) is 13.4 Å². The molecule has 122 valence electrons. The molecule has 0 saturated carbocycles. The zero-order valence-corrected chi connectivity index (χ0v) is 14.5. The first-order valence-electron chi connectivity index (χ1n) is 7.10. The fourth-order valence-electron chi connectivity index (χ4n) is 2.59. The predicted octanol–water partition coefficient (Wildman–Crippen LogP) is 1.45. The summed E-state index contributed by atoms with van der Waals surface area (Å²) in [6.45, 7) is 2.30. The number of pyridine rings is 1. The number of amides is 1. The predicted molar refractivity (Wildman–Crippen MR) is 87.3 cm³/mol. The number of rotatable bonds is 4. The molecule has 1 saturated heterocycles. The number of hydrogen-bond donors (Lipinski definition) is 0. The van der Waals surface area contributed by atoms with E-state index in [1.165, 1.54) is 6.07 Å². The third-order valence-electron chi connectivity index (χ3n) is 3.74. The second-order valence-corrected chi connectivity index (χ2v) is 8.20. The zero-order valence-electron chi connectivity index (χ0n) is 12.9. The lowest BCUT2D eigenvalue weighted by atomic mass is 10.1. The Morgan fingerprint density at radius 3 is 2.59 bits per heavy atom. The minimum absolute atomic E-state index is 0.0337. The van der Waals surface area contributed by atoms with Gasteiger partial charge in [0.1, 0.15) is 11.0 Å². The van der Waals surface area contributed by atoms with E-state index in [9.17, 15) is 13.2 Å². The number of anilines is 1. The van der Waals surface area contributed by atoms with Crippen LogP contribution in [0, 0.1) is 0 Å². The highest BCUT2D eigenvalue weighted by Gasteiger charge is 2.34. The average molecular weight is 346 g/mol. The Labute approximate surface area is 136 Å². The van der Waals surface area contributed by atoms with Crippen molar-refractivity contribution in [3.05, 3.63) is 22.8 Å². The normalized spacial score (nSPS) is 19.9. The van der Waals surface area contributed by atoms with E-state index < -0.39 is 9.84 Å². The first-order valence-corrected chi connectivity index (χ1v) is 9.29. The van der Waals surface area contributed by atoms with E-state index in [2.05, 4.69) is 4.98 Å². The maximum atomic E-state index is 12.7. The molecule has 2 heterocycles. The van der Waals surface area contributed by atoms with E-state index in [0.29, 0.717) is 24.3 Å². The van der Waals surface area contributed by atoms with Gasteiger partial charge in [-0.3, -0.25) is 4.79 Å². The molecule has 22 heavy (non-hydrogen) atoms. The van der Waals surface area contributed by atoms with Crippen LogP contribution >= 0.6 is 11.6 Å². The van der Waals surface area contributed by atoms with Crippen LogP contribution in [0.3, 0.4) is 0 Å². The third-order valence-corrected chi connectivity index (χ3v) is 5.68. The molecule has 0 radical (unpaired) electrons. The Balaban J connectivity index is 2.29. The number of nitrogens with zero attached hydrogens (tertiary/aromatic N) is 3. The molecule has 0 N–H and O–H groups in total. The minimum Gasteiger partial charge on any atom is -0.363 e. The Morgan fingerprint density at radius 1 is 1.41 bits per heavy atom. The van der Waals surface area contributed by atoms with Crippen molar-refractivity contribution < 1.29 is 13.2 Å². The second-order valence-electron chi connectivity index (χ2n) is 5.58. The largest absolute Gasteiger partial charge is 0.363 e. The summed E-state index contributed by atoms with van der Waals surface area (Å²) in [5, 5.41) is 0.240. The van der Waals surface area contributed by atoms with E-state index in [1.54, 1.807) is 15.9 Å². The molecule has 1 aromatic heterocycles. The highest BCUT2D eigenvalue weighted by atomic mass is 35.5. The summed E-state index contributed by atoms with van der Waals surface area (Å²) in [4.78, 5) is 20.2. The highest BCUT2D eigenvalue weighted by Crippen LogP contribution is 2.22. The first-order chi connectivity index (χ1) is 10.2. The number of halogens is 1. The summed E-state index contributed by atoms with van der Waals surface area (Å²) >= 11 is 5.99. The van der Waals surface area contributed by atoms with Gasteiger partial charge in [0.15, 0.2) is 9.84 Å². The van der Waals surface area contributed by atoms with Gasteiger partial charge in [-0.1, -0.05) is 11.6 Å². The van der Waals surface area contributed by atoms with Gasteiger partial charge in [0.05, 0.1) is 11.5 Å². The minimum atomic E-state index is -3.04. The molecule has 0 bridgehead atoms. The zero-order chi connectivity index (χ0) is 16.5. The molecule has 0 aromatic carbocycles. The van der Waals surface area contributed by atoms with Crippen molar-refractivity contribution in [1.82, 2.24) is 9.88 Å². The van der Waals surface area contributed by atoms with E-state index >= 15 is 0 Å². The fraction of sp³-hybridized carbons (Fsp3) is 0.571. The van der Waals surface area contributed by atoms with Gasteiger partial charge in [0, 0.05) is 32.2 Å². The fourth-order valence-corrected chi connectivity index (χ4v) is 4.53. The van der Waals surface area contributed by atoms with Crippen LogP contribution in [-0.2, 0) is 9.84 Å². The van der Waals surface area contributed by atoms with Gasteiger partial charge in [-0.15, -0.1) is 0 Å². The standard InChI is InChI=1S/C14H20ClN3O3S/c1-4-18(11-5-6-22(20,21)9-11)14(19)10-7-12(15)16-13(8-10)17(2)3/h7-8,11H,4-6,9H2,1-3H3. The van der Waals surface area contributed by atoms with Gasteiger partial charge < -0.3 is 9.80 Å². The number of aromatic nitrogens is 1. The molecule has 8 heteroatoms. The molecule has 1 fully saturated rings. The van der Waals surface area contributed by atoms with Crippen molar-refractivity contribution in [1.29, 1.82) is 0 Å². The quantitative estimate of drug-likeness (QED) is 0.772. The average Bonchev–Trinajstić information content (AvgIpc) is 2.78. The molecule has 0 spiro atoms. The highest BCUT2D eigenvalue weighted by molar-refractivity contribution is 7.91. The Morgan fingerprint density at radius 2 is 2.09 bits per heavy atom. The smallest absolute Gasteiger partial charge is 0.254 e. The van der Waals surface area contributed by atoms with E-state index in [-0.39, 0.29) is 28.6 Å². The summed E-state index contributed by atoms with van der Waals surface area (Å²) in [7, 11) is 0.591. The summed E-state index contributed by atoms with van der Waals surface area (Å²) < 4.78 is 23.3. The summed E-state index contributed by atoms with van der Waals surface area (Å²) in [6, 6.07) is 2.92. The molecule has 1 unspecified atom stereocenters. The third kappa shape index (κ3) is 3.70. The maximum Gasteiger partial charge on any atom is 0.254 e. The van der Waals surface area contributed by atoms with Crippen LogP contribution in [0.1, 0.15) is 23.7 Å². The molecule has 0 aliphatic carbocycles. The molecule has 6 nitrogen and oxygen atoms in total. The molecule has 1 aromatic rings. The van der Waals surface area contributed by atoms with Gasteiger partial charge in [-0.05, 0) is 25.5 Å². The van der Waals surface area contributed by atoms with Gasteiger partial charge in [0.25, 0.3) is 5.91 Å². The van der Waals surface area contributed by atoms with E-state index in [1.807, 2.05) is 21.0 Å². The molecule has 2 rings (SSSR count). The molecular formula is C14H20ClN3O3S. The first kappa shape index (κ1) is 17.0. The lowest BCUT2D eigenvalue weighted by Gasteiger charge is -2.27. The van der Waals surface area contributed by atoms with Crippen LogP contribution in [0.4, 0.5) is 5.82 Å². The van der Waals surface area contributed by atoms with Crippen LogP contribution in [0.2, 0.25) is 5.15 Å². The van der Waals surface area contributed by atoms with Crippen molar-refractivity contribution in [3.8, 4) is 0 Å². The monoisotopic (exact) mass is 345 g/mol. The van der Waals surface area contributed by atoms with Crippen LogP contribution in [0.25, 0.3) is 0 Å². The SMILES string of the molecule is CCN(C(=O)c1cc(Cl)nc(N(C)C)c1)C1CCS(=O)(=O)C1. The maximum absolute atomic E-state index is 12.7. The van der Waals surface area contributed by atoms with Gasteiger partial charge >= 0.3 is 0 Å². The second kappa shape index (κ2) is 6.42. The van der Waals surface area contributed by atoms with E-state index in [0.717, 1.165) is 0 Å². The van der Waals surface area contributed by atoms with E-state index in [4.69, 9.17) is 11.6 Å². The van der Waals surface area contributed by atoms with Crippen LogP contribution in [0.15, 0.2) is 12.1 Å². The number of sulfone groups is 1. The number of carbonyl (C=O) groups is 1. The molecular weight excluding hydrogens is 326 g/mol. The Kier molecular flexibility index (Phi) is 4.97. The summed E-state index contributed by atoms with van der Waals surface area (Å²) in [6.07, 6.45) is 0.487. The van der Waals surface area contributed by atoms with Crippen molar-refractivity contribution in [2.45, 2.75) is 19.4 Å². The topological polar surface area (TPSA) is 70.6 Å². The van der Waals surface area contributed by atoms with Crippen LogP contribution < -0.4 is 4.90 Å². The van der Waals surface area contributed by atoms with Gasteiger partial charge in [-0.2, -0.15) is 0 Å². The van der Waals surface area contributed by atoms with Gasteiger partial charge in [0.2, 0.25) is 0 Å². The molecule has 1 aliphatic heterocycles. The lowest BCUT2D eigenvalue weighted by Crippen LogP contribution is -2.41. The Hall–Kier alpha value is -1.34.